The second-order valence-electron chi connectivity index (χ2n) is 6.23. The monoisotopic (exact) mass is 348 g/mol. The van der Waals surface area contributed by atoms with Gasteiger partial charge in [0.25, 0.3) is 0 Å². The van der Waals surface area contributed by atoms with Crippen molar-refractivity contribution in [2.75, 3.05) is 13.1 Å². The first kappa shape index (κ1) is 18.5. The average Bonchev–Trinajstić information content (AvgIpc) is 2.92. The van der Waals surface area contributed by atoms with Gasteiger partial charge < -0.3 is 10.6 Å². The van der Waals surface area contributed by atoms with Crippen LogP contribution in [-0.2, 0) is 11.3 Å². The van der Waals surface area contributed by atoms with Gasteiger partial charge in [-0.05, 0) is 50.9 Å². The minimum Gasteiger partial charge on any atom is -0.352 e. The molecular formula is C18H25ClN4O. The number of nitrogens with one attached hydrogen (secondary N) is 2. The molecule has 1 aliphatic rings. The summed E-state index contributed by atoms with van der Waals surface area (Å²) in [5.74, 6) is 0.227. The van der Waals surface area contributed by atoms with Crippen molar-refractivity contribution < 1.29 is 4.79 Å². The first-order chi connectivity index (χ1) is 11.1. The minimum absolute atomic E-state index is 0. The van der Waals surface area contributed by atoms with E-state index in [0.717, 1.165) is 48.6 Å². The Morgan fingerprint density at radius 3 is 2.83 bits per heavy atom. The smallest absolute Gasteiger partial charge is 0.224 e. The maximum atomic E-state index is 12.3. The Bertz CT molecular complexity index is 692. The Morgan fingerprint density at radius 1 is 1.38 bits per heavy atom. The number of carbonyl (C=O) groups is 1. The number of piperidine rings is 1. The van der Waals surface area contributed by atoms with Gasteiger partial charge >= 0.3 is 0 Å². The fraction of sp³-hybridized carbons (Fsp3) is 0.444. The van der Waals surface area contributed by atoms with Crippen LogP contribution in [-0.4, -0.2) is 28.8 Å². The second kappa shape index (κ2) is 8.31. The largest absolute Gasteiger partial charge is 0.352 e. The van der Waals surface area contributed by atoms with E-state index in [4.69, 9.17) is 0 Å². The number of benzene rings is 1. The van der Waals surface area contributed by atoms with E-state index in [2.05, 4.69) is 21.8 Å². The highest BCUT2D eigenvalue weighted by atomic mass is 35.5. The summed E-state index contributed by atoms with van der Waals surface area (Å²) in [5, 5.41) is 10.9. The Hall–Kier alpha value is -1.85. The van der Waals surface area contributed by atoms with Crippen molar-refractivity contribution >= 4 is 18.3 Å². The van der Waals surface area contributed by atoms with E-state index < -0.39 is 0 Å². The Balaban J connectivity index is 0.00000208. The molecular weight excluding hydrogens is 324 g/mol. The third kappa shape index (κ3) is 4.16. The maximum absolute atomic E-state index is 12.3. The van der Waals surface area contributed by atoms with Crippen LogP contribution in [0, 0.1) is 19.8 Å². The van der Waals surface area contributed by atoms with Crippen LogP contribution in [0.25, 0.3) is 5.69 Å². The van der Waals surface area contributed by atoms with Gasteiger partial charge in [0.05, 0.1) is 17.3 Å². The summed E-state index contributed by atoms with van der Waals surface area (Å²) in [6.07, 6.45) is 2.04. The zero-order chi connectivity index (χ0) is 16.2. The molecule has 6 heteroatoms. The highest BCUT2D eigenvalue weighted by Gasteiger charge is 2.20. The van der Waals surface area contributed by atoms with E-state index in [-0.39, 0.29) is 24.2 Å². The molecule has 3 rings (SSSR count). The van der Waals surface area contributed by atoms with Crippen LogP contribution in [0.5, 0.6) is 0 Å². The lowest BCUT2D eigenvalue weighted by Gasteiger charge is -2.22. The molecule has 1 atom stereocenters. The standard InChI is InChI=1S/C18H24N4O.ClH/c1-13-10-14(2)22(21-13)17-8-4-3-6-15(17)12-20-18(23)16-7-5-9-19-11-16;/h3-4,6,8,10,16,19H,5,7,9,11-12H2,1-2H3,(H,20,23);1H. The van der Waals surface area contributed by atoms with Crippen molar-refractivity contribution in [3.63, 3.8) is 0 Å². The third-order valence-electron chi connectivity index (χ3n) is 4.35. The summed E-state index contributed by atoms with van der Waals surface area (Å²) >= 11 is 0. The topological polar surface area (TPSA) is 59.0 Å². The molecule has 2 N–H and O–H groups in total. The van der Waals surface area contributed by atoms with E-state index in [1.165, 1.54) is 0 Å². The molecule has 1 saturated heterocycles. The summed E-state index contributed by atoms with van der Waals surface area (Å²) in [6.45, 7) is 6.37. The van der Waals surface area contributed by atoms with Gasteiger partial charge in [-0.2, -0.15) is 5.10 Å². The molecule has 1 aliphatic heterocycles. The van der Waals surface area contributed by atoms with Crippen LogP contribution in [0.15, 0.2) is 30.3 Å². The first-order valence-electron chi connectivity index (χ1n) is 8.25. The molecule has 1 amide bonds. The molecule has 0 aliphatic carbocycles. The molecule has 2 heterocycles. The lowest BCUT2D eigenvalue weighted by Crippen LogP contribution is -2.40. The van der Waals surface area contributed by atoms with E-state index >= 15 is 0 Å². The molecule has 0 spiro atoms. The molecule has 130 valence electrons. The highest BCUT2D eigenvalue weighted by Crippen LogP contribution is 2.17. The van der Waals surface area contributed by atoms with Crippen LogP contribution in [0.2, 0.25) is 0 Å². The van der Waals surface area contributed by atoms with Crippen LogP contribution in [0.4, 0.5) is 0 Å². The Kier molecular flexibility index (Phi) is 6.40. The van der Waals surface area contributed by atoms with Crippen molar-refractivity contribution in [2.24, 2.45) is 5.92 Å². The fourth-order valence-corrected chi connectivity index (χ4v) is 3.14. The van der Waals surface area contributed by atoms with Gasteiger partial charge in [0.15, 0.2) is 0 Å². The second-order valence-corrected chi connectivity index (χ2v) is 6.23. The molecule has 2 aromatic rings. The summed E-state index contributed by atoms with van der Waals surface area (Å²) in [4.78, 5) is 12.3. The molecule has 1 unspecified atom stereocenters. The number of para-hydroxylation sites is 1. The molecule has 0 bridgehead atoms. The molecule has 0 radical (unpaired) electrons. The predicted molar refractivity (Wildman–Crippen MR) is 97.7 cm³/mol. The number of amides is 1. The van der Waals surface area contributed by atoms with E-state index in [1.54, 1.807) is 0 Å². The predicted octanol–water partition coefficient (Wildman–Crippen LogP) is 2.53. The number of rotatable bonds is 4. The molecule has 1 fully saturated rings. The van der Waals surface area contributed by atoms with Crippen molar-refractivity contribution in [1.82, 2.24) is 20.4 Å². The van der Waals surface area contributed by atoms with Crippen molar-refractivity contribution in [2.45, 2.75) is 33.2 Å². The molecule has 24 heavy (non-hydrogen) atoms. The number of nitrogens with zero attached hydrogens (tertiary/aromatic N) is 2. The summed E-state index contributed by atoms with van der Waals surface area (Å²) in [6, 6.07) is 10.2. The number of halogens is 1. The molecule has 1 aromatic carbocycles. The van der Waals surface area contributed by atoms with Crippen molar-refractivity contribution in [3.8, 4) is 5.69 Å². The third-order valence-corrected chi connectivity index (χ3v) is 4.35. The van der Waals surface area contributed by atoms with Crippen LogP contribution >= 0.6 is 12.4 Å². The summed E-state index contributed by atoms with van der Waals surface area (Å²) in [7, 11) is 0. The van der Waals surface area contributed by atoms with E-state index in [1.807, 2.05) is 42.8 Å². The maximum Gasteiger partial charge on any atom is 0.224 e. The SMILES string of the molecule is Cc1cc(C)n(-c2ccccc2CNC(=O)C2CCCNC2)n1.Cl. The van der Waals surface area contributed by atoms with Gasteiger partial charge in [-0.15, -0.1) is 12.4 Å². The fourth-order valence-electron chi connectivity index (χ4n) is 3.14. The quantitative estimate of drug-likeness (QED) is 0.892. The van der Waals surface area contributed by atoms with E-state index in [0.29, 0.717) is 6.54 Å². The van der Waals surface area contributed by atoms with E-state index in [9.17, 15) is 4.79 Å². The molecule has 5 nitrogen and oxygen atoms in total. The Labute approximate surface area is 149 Å². The zero-order valence-corrected chi connectivity index (χ0v) is 15.0. The highest BCUT2D eigenvalue weighted by molar-refractivity contribution is 5.85. The Morgan fingerprint density at radius 2 is 2.17 bits per heavy atom. The van der Waals surface area contributed by atoms with Crippen molar-refractivity contribution in [1.29, 1.82) is 0 Å². The number of aromatic nitrogens is 2. The van der Waals surface area contributed by atoms with Crippen LogP contribution in [0.3, 0.4) is 0 Å². The van der Waals surface area contributed by atoms with Gasteiger partial charge in [0.1, 0.15) is 0 Å². The summed E-state index contributed by atoms with van der Waals surface area (Å²) < 4.78 is 1.94. The van der Waals surface area contributed by atoms with Crippen LogP contribution < -0.4 is 10.6 Å². The lowest BCUT2D eigenvalue weighted by atomic mass is 9.99. The normalized spacial score (nSPS) is 17.2. The van der Waals surface area contributed by atoms with Gasteiger partial charge in [-0.1, -0.05) is 18.2 Å². The zero-order valence-electron chi connectivity index (χ0n) is 14.2. The van der Waals surface area contributed by atoms with Gasteiger partial charge in [0, 0.05) is 18.8 Å². The average molecular weight is 349 g/mol. The number of carbonyl (C=O) groups excluding carboxylic acids is 1. The lowest BCUT2D eigenvalue weighted by molar-refractivity contribution is -0.125. The van der Waals surface area contributed by atoms with Crippen molar-refractivity contribution in [3.05, 3.63) is 47.3 Å². The number of hydrogen-bond donors (Lipinski definition) is 2. The first-order valence-corrected chi connectivity index (χ1v) is 8.25. The minimum atomic E-state index is 0. The molecule has 1 aromatic heterocycles. The van der Waals surface area contributed by atoms with Gasteiger partial charge in [-0.25, -0.2) is 4.68 Å². The van der Waals surface area contributed by atoms with Gasteiger partial charge in [0.2, 0.25) is 5.91 Å². The van der Waals surface area contributed by atoms with Gasteiger partial charge in [-0.3, -0.25) is 4.79 Å². The number of hydrogen-bond acceptors (Lipinski definition) is 3. The summed E-state index contributed by atoms with van der Waals surface area (Å²) in [5.41, 5.74) is 4.20. The van der Waals surface area contributed by atoms with Crippen LogP contribution in [0.1, 0.15) is 29.8 Å². The number of aryl methyl sites for hydroxylation is 2. The molecule has 0 saturated carbocycles.